The normalized spacial score (nSPS) is 10.9. The largest absolute Gasteiger partial charge is 0.316 e. The molecule has 0 aliphatic heterocycles. The zero-order valence-corrected chi connectivity index (χ0v) is 8.96. The van der Waals surface area contributed by atoms with Crippen LogP contribution in [0, 0.1) is 0 Å². The predicted octanol–water partition coefficient (Wildman–Crippen LogP) is 3.07. The summed E-state index contributed by atoms with van der Waals surface area (Å²) in [5.41, 5.74) is 4.79. The smallest absolute Gasteiger partial charge is 0.0460 e. The van der Waals surface area contributed by atoms with Crippen molar-refractivity contribution in [2.24, 2.45) is 0 Å². The van der Waals surface area contributed by atoms with Crippen molar-refractivity contribution in [3.8, 4) is 0 Å². The van der Waals surface area contributed by atoms with Gasteiger partial charge in [-0.1, -0.05) is 38.1 Å². The Bertz CT molecular complexity index is 269. The van der Waals surface area contributed by atoms with Gasteiger partial charge >= 0.3 is 0 Å². The van der Waals surface area contributed by atoms with Crippen LogP contribution in [0.2, 0.25) is 0 Å². The van der Waals surface area contributed by atoms with Gasteiger partial charge in [-0.2, -0.15) is 0 Å². The highest BCUT2D eigenvalue weighted by atomic mass is 16.5. The van der Waals surface area contributed by atoms with Crippen LogP contribution in [0.25, 0.3) is 0 Å². The van der Waals surface area contributed by atoms with Gasteiger partial charge in [-0.3, -0.25) is 0 Å². The summed E-state index contributed by atoms with van der Waals surface area (Å²) in [5.74, 6) is 0.611. The second kappa shape index (κ2) is 5.78. The van der Waals surface area contributed by atoms with Gasteiger partial charge in [0, 0.05) is 6.54 Å². The van der Waals surface area contributed by atoms with Gasteiger partial charge in [0.1, 0.15) is 0 Å². The minimum atomic E-state index is 0.534. The molecule has 2 N–H and O–H groups in total. The van der Waals surface area contributed by atoms with Crippen molar-refractivity contribution < 1.29 is 5.21 Å². The number of hydrogen-bond acceptors (Lipinski definition) is 2. The third-order valence-corrected chi connectivity index (χ3v) is 2.75. The fourth-order valence-corrected chi connectivity index (χ4v) is 1.91. The Morgan fingerprint density at radius 1 is 1.21 bits per heavy atom. The predicted molar refractivity (Wildman–Crippen MR) is 58.4 cm³/mol. The molecule has 0 aliphatic carbocycles. The minimum Gasteiger partial charge on any atom is -0.316 e. The molecule has 1 aromatic carbocycles. The van der Waals surface area contributed by atoms with Gasteiger partial charge < -0.3 is 5.21 Å². The molecule has 0 aliphatic rings. The summed E-state index contributed by atoms with van der Waals surface area (Å²) in [6.07, 6.45) is 2.30. The van der Waals surface area contributed by atoms with E-state index in [1.165, 1.54) is 11.1 Å². The first kappa shape index (κ1) is 11.2. The molecule has 78 valence electrons. The molecule has 0 bridgehead atoms. The van der Waals surface area contributed by atoms with E-state index in [9.17, 15) is 0 Å². The summed E-state index contributed by atoms with van der Waals surface area (Å²) in [6.45, 7) is 4.95. The molecule has 1 aromatic rings. The molecule has 0 spiro atoms. The number of nitrogens with one attached hydrogen (secondary N) is 1. The summed E-state index contributed by atoms with van der Waals surface area (Å²) < 4.78 is 0. The van der Waals surface area contributed by atoms with Crippen molar-refractivity contribution in [1.29, 1.82) is 0 Å². The Hall–Kier alpha value is -0.860. The van der Waals surface area contributed by atoms with Crippen LogP contribution in [0.5, 0.6) is 0 Å². The molecule has 14 heavy (non-hydrogen) atoms. The number of rotatable bonds is 5. The van der Waals surface area contributed by atoms with E-state index in [1.54, 1.807) is 0 Å². The van der Waals surface area contributed by atoms with E-state index in [-0.39, 0.29) is 0 Å². The lowest BCUT2D eigenvalue weighted by Gasteiger charge is -2.16. The maximum absolute atomic E-state index is 8.72. The molecule has 0 saturated heterocycles. The molecule has 0 saturated carbocycles. The van der Waals surface area contributed by atoms with Crippen LogP contribution in [-0.4, -0.2) is 5.21 Å². The van der Waals surface area contributed by atoms with E-state index in [4.69, 9.17) is 5.21 Å². The van der Waals surface area contributed by atoms with Gasteiger partial charge in [0.25, 0.3) is 0 Å². The van der Waals surface area contributed by atoms with Gasteiger partial charge in [0.05, 0.1) is 0 Å². The van der Waals surface area contributed by atoms with Gasteiger partial charge in [-0.25, -0.2) is 5.48 Å². The highest BCUT2D eigenvalue weighted by Crippen LogP contribution is 2.25. The van der Waals surface area contributed by atoms with Crippen LogP contribution in [0.1, 0.15) is 43.7 Å². The van der Waals surface area contributed by atoms with Gasteiger partial charge in [0.2, 0.25) is 0 Å². The summed E-state index contributed by atoms with van der Waals surface area (Å²) in [7, 11) is 0. The average molecular weight is 193 g/mol. The second-order valence-corrected chi connectivity index (χ2v) is 3.55. The lowest BCUT2D eigenvalue weighted by molar-refractivity contribution is 0.161. The monoisotopic (exact) mass is 193 g/mol. The Labute approximate surface area is 85.9 Å². The van der Waals surface area contributed by atoms with E-state index < -0.39 is 0 Å². The summed E-state index contributed by atoms with van der Waals surface area (Å²) in [5, 5.41) is 8.72. The Balaban J connectivity index is 2.92. The van der Waals surface area contributed by atoms with Crippen LogP contribution in [-0.2, 0) is 6.54 Å². The molecular formula is C12H19NO. The molecule has 2 heteroatoms. The summed E-state index contributed by atoms with van der Waals surface area (Å²) in [4.78, 5) is 0. The fourth-order valence-electron chi connectivity index (χ4n) is 1.91. The molecule has 0 unspecified atom stereocenters. The third-order valence-electron chi connectivity index (χ3n) is 2.75. The van der Waals surface area contributed by atoms with E-state index in [1.807, 2.05) is 6.07 Å². The van der Waals surface area contributed by atoms with E-state index in [0.29, 0.717) is 12.5 Å². The zero-order valence-electron chi connectivity index (χ0n) is 8.96. The van der Waals surface area contributed by atoms with Crippen molar-refractivity contribution in [3.63, 3.8) is 0 Å². The maximum Gasteiger partial charge on any atom is 0.0460 e. The molecule has 0 heterocycles. The molecule has 1 rings (SSSR count). The molecule has 0 amide bonds. The zero-order chi connectivity index (χ0) is 10.4. The topological polar surface area (TPSA) is 32.3 Å². The Kier molecular flexibility index (Phi) is 4.63. The molecule has 0 radical (unpaired) electrons. The highest BCUT2D eigenvalue weighted by molar-refractivity contribution is 5.30. The Morgan fingerprint density at radius 3 is 2.43 bits per heavy atom. The number of benzene rings is 1. The molecule has 0 fully saturated rings. The summed E-state index contributed by atoms with van der Waals surface area (Å²) >= 11 is 0. The van der Waals surface area contributed by atoms with Gasteiger partial charge in [-0.05, 0) is 29.9 Å². The third kappa shape index (κ3) is 2.56. The van der Waals surface area contributed by atoms with Crippen LogP contribution in [0.4, 0.5) is 0 Å². The first-order valence-corrected chi connectivity index (χ1v) is 5.28. The van der Waals surface area contributed by atoms with Crippen molar-refractivity contribution in [2.45, 2.75) is 39.2 Å². The van der Waals surface area contributed by atoms with E-state index in [2.05, 4.69) is 37.5 Å². The Morgan fingerprint density at radius 2 is 1.86 bits per heavy atom. The molecule has 0 aromatic heterocycles. The van der Waals surface area contributed by atoms with Gasteiger partial charge in [0.15, 0.2) is 0 Å². The SMILES string of the molecule is CCC(CC)c1ccccc1CNO. The van der Waals surface area contributed by atoms with Crippen molar-refractivity contribution in [1.82, 2.24) is 5.48 Å². The number of hydroxylamine groups is 1. The lowest BCUT2D eigenvalue weighted by atomic mass is 9.90. The summed E-state index contributed by atoms with van der Waals surface area (Å²) in [6, 6.07) is 8.30. The molecule has 0 atom stereocenters. The molecular weight excluding hydrogens is 174 g/mol. The number of hydrogen-bond donors (Lipinski definition) is 2. The maximum atomic E-state index is 8.72. The van der Waals surface area contributed by atoms with E-state index >= 15 is 0 Å². The van der Waals surface area contributed by atoms with Crippen LogP contribution >= 0.6 is 0 Å². The second-order valence-electron chi connectivity index (χ2n) is 3.55. The van der Waals surface area contributed by atoms with Crippen molar-refractivity contribution in [2.75, 3.05) is 0 Å². The van der Waals surface area contributed by atoms with Crippen LogP contribution in [0.3, 0.4) is 0 Å². The van der Waals surface area contributed by atoms with Crippen LogP contribution in [0.15, 0.2) is 24.3 Å². The molecule has 2 nitrogen and oxygen atoms in total. The lowest BCUT2D eigenvalue weighted by Crippen LogP contribution is -2.10. The first-order chi connectivity index (χ1) is 6.83. The minimum absolute atomic E-state index is 0.534. The standard InChI is InChI=1S/C12H19NO/c1-3-10(4-2)12-8-6-5-7-11(12)9-13-14/h5-8,10,13-14H,3-4,9H2,1-2H3. The van der Waals surface area contributed by atoms with Crippen molar-refractivity contribution >= 4 is 0 Å². The highest BCUT2D eigenvalue weighted by Gasteiger charge is 2.10. The van der Waals surface area contributed by atoms with Crippen molar-refractivity contribution in [3.05, 3.63) is 35.4 Å². The van der Waals surface area contributed by atoms with E-state index in [0.717, 1.165) is 12.8 Å². The van der Waals surface area contributed by atoms with Crippen LogP contribution < -0.4 is 5.48 Å². The fraction of sp³-hybridized carbons (Fsp3) is 0.500. The first-order valence-electron chi connectivity index (χ1n) is 5.28. The average Bonchev–Trinajstić information content (AvgIpc) is 2.23. The van der Waals surface area contributed by atoms with Gasteiger partial charge in [-0.15, -0.1) is 0 Å². The quantitative estimate of drug-likeness (QED) is 0.704.